The zero-order valence-electron chi connectivity index (χ0n) is 29.7. The minimum Gasteiger partial charge on any atom is -0.496 e. The van der Waals surface area contributed by atoms with Crippen LogP contribution in [0.4, 0.5) is 0 Å². The summed E-state index contributed by atoms with van der Waals surface area (Å²) in [7, 11) is 3.28. The monoisotopic (exact) mass is 708 g/mol. The average molecular weight is 709 g/mol. The van der Waals surface area contributed by atoms with Crippen LogP contribution in [-0.2, 0) is 22.6 Å². The van der Waals surface area contributed by atoms with Crippen molar-refractivity contribution in [3.05, 3.63) is 93.3 Å². The molecule has 266 valence electrons. The lowest BCUT2D eigenvalue weighted by Gasteiger charge is -2.19. The van der Waals surface area contributed by atoms with Crippen LogP contribution in [0.2, 0.25) is 5.02 Å². The largest absolute Gasteiger partial charge is 0.496 e. The molecular formula is C41H45ClN4O5. The number of carbonyl (C=O) groups is 2. The highest BCUT2D eigenvalue weighted by Gasteiger charge is 2.28. The number of likely N-dealkylation sites (tertiary alicyclic amines) is 1. The van der Waals surface area contributed by atoms with Crippen LogP contribution < -0.4 is 14.8 Å². The Morgan fingerprint density at radius 1 is 1.04 bits per heavy atom. The van der Waals surface area contributed by atoms with Gasteiger partial charge >= 0.3 is 5.97 Å². The van der Waals surface area contributed by atoms with Gasteiger partial charge in [-0.15, -0.1) is 0 Å². The molecule has 0 unspecified atom stereocenters. The Labute approximate surface area is 304 Å². The molecule has 0 aliphatic carbocycles. The number of ether oxygens (including phenoxy) is 2. The summed E-state index contributed by atoms with van der Waals surface area (Å²) in [5, 5.41) is 13.0. The lowest BCUT2D eigenvalue weighted by atomic mass is 9.94. The number of halogens is 1. The van der Waals surface area contributed by atoms with E-state index in [4.69, 9.17) is 31.0 Å². The number of rotatable bonds is 13. The molecule has 2 saturated heterocycles. The number of amides is 1. The van der Waals surface area contributed by atoms with Crippen LogP contribution in [0.25, 0.3) is 34.5 Å². The summed E-state index contributed by atoms with van der Waals surface area (Å²) >= 11 is 7.12. The van der Waals surface area contributed by atoms with E-state index in [-0.39, 0.29) is 17.9 Å². The predicted molar refractivity (Wildman–Crippen MR) is 201 cm³/mol. The lowest BCUT2D eigenvalue weighted by molar-refractivity contribution is -0.141. The van der Waals surface area contributed by atoms with Crippen LogP contribution in [-0.4, -0.2) is 65.2 Å². The highest BCUT2D eigenvalue weighted by Crippen LogP contribution is 2.39. The molecule has 9 nitrogen and oxygen atoms in total. The fourth-order valence-corrected chi connectivity index (χ4v) is 7.51. The van der Waals surface area contributed by atoms with Gasteiger partial charge in [-0.05, 0) is 86.4 Å². The Morgan fingerprint density at radius 2 is 1.80 bits per heavy atom. The number of hydrogen-bond acceptors (Lipinski definition) is 7. The highest BCUT2D eigenvalue weighted by atomic mass is 35.5. The summed E-state index contributed by atoms with van der Waals surface area (Å²) in [6.45, 7) is 6.16. The average Bonchev–Trinajstić information content (AvgIpc) is 3.77. The minimum atomic E-state index is -0.726. The van der Waals surface area contributed by atoms with E-state index in [1.807, 2.05) is 24.3 Å². The van der Waals surface area contributed by atoms with Crippen LogP contribution in [0.3, 0.4) is 0 Å². The number of aryl methyl sites for hydroxylation is 2. The van der Waals surface area contributed by atoms with Crippen molar-refractivity contribution in [1.82, 2.24) is 20.2 Å². The molecule has 2 aliphatic heterocycles. The van der Waals surface area contributed by atoms with Crippen molar-refractivity contribution in [3.63, 3.8) is 0 Å². The minimum absolute atomic E-state index is 0.131. The topological polar surface area (TPSA) is 114 Å². The van der Waals surface area contributed by atoms with Gasteiger partial charge < -0.3 is 19.9 Å². The second-order valence-corrected chi connectivity index (χ2v) is 13.9. The van der Waals surface area contributed by atoms with Crippen molar-refractivity contribution in [2.24, 2.45) is 5.92 Å². The van der Waals surface area contributed by atoms with E-state index < -0.39 is 5.97 Å². The first-order chi connectivity index (χ1) is 24.6. The molecule has 0 bridgehead atoms. The number of methoxy groups -OCH3 is 2. The Balaban J connectivity index is 1.20. The van der Waals surface area contributed by atoms with Gasteiger partial charge in [-0.2, -0.15) is 0 Å². The van der Waals surface area contributed by atoms with E-state index in [0.717, 1.165) is 81.8 Å². The number of carboxylic acid groups (broad SMARTS) is 1. The van der Waals surface area contributed by atoms with Gasteiger partial charge in [-0.3, -0.25) is 19.5 Å². The van der Waals surface area contributed by atoms with Crippen molar-refractivity contribution in [1.29, 1.82) is 0 Å². The molecule has 4 aromatic rings. The number of aromatic nitrogens is 2. The molecule has 2 aliphatic rings. The molecule has 10 heteroatoms. The Morgan fingerprint density at radius 3 is 2.53 bits per heavy atom. The van der Waals surface area contributed by atoms with Gasteiger partial charge in [-0.1, -0.05) is 66.2 Å². The van der Waals surface area contributed by atoms with E-state index >= 15 is 0 Å². The maximum Gasteiger partial charge on any atom is 0.307 e. The summed E-state index contributed by atoms with van der Waals surface area (Å²) in [4.78, 5) is 34.7. The van der Waals surface area contributed by atoms with Crippen LogP contribution in [0, 0.1) is 19.8 Å². The van der Waals surface area contributed by atoms with Crippen LogP contribution in [0.15, 0.2) is 54.7 Å². The standard InChI is InChI=1S/C41H45ClN4O5/c1-25-20-30(24-46-19-18-29(23-46)41(48)49)37(50-3)21-28(25)15-14-27-8-5-10-32(26(27)2)33-11-7-12-34(39(33)42)36-22-43-35(40(45-36)51-4)13-6-9-31-16-17-38(47)44-31/h5,7-8,10-12,14-15,20-22,29,31H,6,9,13,16-19,23-24H2,1-4H3,(H,44,47)(H,48,49)/b15-14+/t29-,31-/m1/s1. The number of nitrogens with one attached hydrogen (secondary N) is 1. The van der Waals surface area contributed by atoms with Gasteiger partial charge in [0.2, 0.25) is 11.8 Å². The zero-order chi connectivity index (χ0) is 36.1. The number of hydrogen-bond donors (Lipinski definition) is 2. The first-order valence-electron chi connectivity index (χ1n) is 17.5. The fourth-order valence-electron chi connectivity index (χ4n) is 7.19. The van der Waals surface area contributed by atoms with Crippen LogP contribution in [0.5, 0.6) is 11.6 Å². The molecule has 1 aromatic heterocycles. The Kier molecular flexibility index (Phi) is 11.4. The summed E-state index contributed by atoms with van der Waals surface area (Å²) in [6, 6.07) is 16.6. The molecule has 1 amide bonds. The molecule has 3 aromatic carbocycles. The van der Waals surface area contributed by atoms with E-state index in [2.05, 4.69) is 60.5 Å². The van der Waals surface area contributed by atoms with Gasteiger partial charge in [0.25, 0.3) is 0 Å². The maximum absolute atomic E-state index is 11.5. The Bertz CT molecular complexity index is 1960. The highest BCUT2D eigenvalue weighted by molar-refractivity contribution is 6.36. The lowest BCUT2D eigenvalue weighted by Crippen LogP contribution is -2.25. The molecular weight excluding hydrogens is 664 g/mol. The van der Waals surface area contributed by atoms with Crippen molar-refractivity contribution in [2.45, 2.75) is 65.0 Å². The van der Waals surface area contributed by atoms with Gasteiger partial charge in [0.05, 0.1) is 37.1 Å². The normalized spacial score (nSPS) is 17.6. The maximum atomic E-state index is 11.5. The first-order valence-corrected chi connectivity index (χ1v) is 17.9. The van der Waals surface area contributed by atoms with E-state index in [1.165, 1.54) is 0 Å². The molecule has 6 rings (SSSR count). The summed E-state index contributed by atoms with van der Waals surface area (Å²) in [5.41, 5.74) is 9.50. The fraction of sp³-hybridized carbons (Fsp3) is 0.366. The molecule has 2 N–H and O–H groups in total. The SMILES string of the molecule is COc1cc(/C=C/c2cccc(-c3cccc(-c4cnc(CCC[C@@H]5CCC(=O)N5)c(OC)n4)c3Cl)c2C)c(C)cc1CN1CC[C@@H](C(=O)O)C1. The van der Waals surface area contributed by atoms with Crippen molar-refractivity contribution < 1.29 is 24.2 Å². The summed E-state index contributed by atoms with van der Waals surface area (Å²) in [6.07, 6.45) is 10.6. The van der Waals surface area contributed by atoms with Gasteiger partial charge in [-0.25, -0.2) is 4.98 Å². The van der Waals surface area contributed by atoms with E-state index in [0.29, 0.717) is 48.9 Å². The van der Waals surface area contributed by atoms with E-state index in [1.54, 1.807) is 20.4 Å². The number of carboxylic acids is 1. The van der Waals surface area contributed by atoms with Gasteiger partial charge in [0.15, 0.2) is 0 Å². The van der Waals surface area contributed by atoms with Crippen molar-refractivity contribution in [2.75, 3.05) is 27.3 Å². The third-order valence-electron chi connectivity index (χ3n) is 10.1. The predicted octanol–water partition coefficient (Wildman–Crippen LogP) is 7.78. The molecule has 2 fully saturated rings. The summed E-state index contributed by atoms with van der Waals surface area (Å²) in [5.74, 6) is 0.367. The molecule has 51 heavy (non-hydrogen) atoms. The number of carbonyl (C=O) groups excluding carboxylic acids is 1. The van der Waals surface area contributed by atoms with Crippen LogP contribution >= 0.6 is 11.6 Å². The van der Waals surface area contributed by atoms with Crippen LogP contribution in [0.1, 0.15) is 65.6 Å². The van der Waals surface area contributed by atoms with Gasteiger partial charge in [0, 0.05) is 42.2 Å². The number of aliphatic carboxylic acids is 1. The second-order valence-electron chi connectivity index (χ2n) is 13.5. The quantitative estimate of drug-likeness (QED) is 0.136. The molecule has 3 heterocycles. The number of nitrogens with zero attached hydrogens (tertiary/aromatic N) is 3. The van der Waals surface area contributed by atoms with Crippen molar-refractivity contribution in [3.8, 4) is 34.0 Å². The van der Waals surface area contributed by atoms with Gasteiger partial charge in [0.1, 0.15) is 11.4 Å². The summed E-state index contributed by atoms with van der Waals surface area (Å²) < 4.78 is 11.4. The zero-order valence-corrected chi connectivity index (χ0v) is 30.4. The molecule has 2 atom stereocenters. The smallest absolute Gasteiger partial charge is 0.307 e. The third kappa shape index (κ3) is 8.26. The molecule has 0 spiro atoms. The first kappa shape index (κ1) is 36.1. The second kappa shape index (κ2) is 16.1. The number of benzene rings is 3. The van der Waals surface area contributed by atoms with Crippen molar-refractivity contribution >= 4 is 35.6 Å². The Hall–Kier alpha value is -4.73. The van der Waals surface area contributed by atoms with E-state index in [9.17, 15) is 14.7 Å². The third-order valence-corrected chi connectivity index (χ3v) is 10.5. The molecule has 0 radical (unpaired) electrons. The molecule has 0 saturated carbocycles.